The number of hydrogen-bond acceptors (Lipinski definition) is 6. The molecule has 3 aromatic rings. The number of nitrogens with one attached hydrogen (secondary N) is 1. The van der Waals surface area contributed by atoms with Crippen LogP contribution in [-0.2, 0) is 14.8 Å². The predicted molar refractivity (Wildman–Crippen MR) is 107 cm³/mol. The van der Waals surface area contributed by atoms with E-state index in [1.54, 1.807) is 18.2 Å². The molecule has 1 atom stereocenters. The molecule has 0 aliphatic carbocycles. The summed E-state index contributed by atoms with van der Waals surface area (Å²) >= 11 is 6.02. The van der Waals surface area contributed by atoms with Gasteiger partial charge in [-0.3, -0.25) is 0 Å². The second-order valence-electron chi connectivity index (χ2n) is 6.59. The molecule has 1 aliphatic heterocycles. The Morgan fingerprint density at radius 1 is 1.18 bits per heavy atom. The molecule has 1 saturated heterocycles. The van der Waals surface area contributed by atoms with E-state index in [-0.39, 0.29) is 10.9 Å². The summed E-state index contributed by atoms with van der Waals surface area (Å²) in [6, 6.07) is 10.5. The third-order valence-electron chi connectivity index (χ3n) is 4.63. The standard InChI is InChI=1S/C19H20ClN3O4S/c1-13(18-11-14-10-15(20)2-4-17(14)27-18)22-19-5-3-16(12-21-19)28(24,25)23-6-8-26-9-7-23/h2-5,10-13H,6-9H2,1H3,(H,21,22). The zero-order chi connectivity index (χ0) is 19.7. The smallest absolute Gasteiger partial charge is 0.244 e. The van der Waals surface area contributed by atoms with Crippen LogP contribution in [0.25, 0.3) is 11.0 Å². The lowest BCUT2D eigenvalue weighted by molar-refractivity contribution is 0.0730. The molecule has 0 saturated carbocycles. The van der Waals surface area contributed by atoms with Crippen LogP contribution >= 0.6 is 11.6 Å². The van der Waals surface area contributed by atoms with E-state index in [1.807, 2.05) is 25.1 Å². The molecule has 9 heteroatoms. The average Bonchev–Trinajstić information content (AvgIpc) is 3.12. The molecule has 148 valence electrons. The van der Waals surface area contributed by atoms with E-state index in [9.17, 15) is 8.42 Å². The van der Waals surface area contributed by atoms with Crippen LogP contribution in [0.4, 0.5) is 5.82 Å². The van der Waals surface area contributed by atoms with Crippen LogP contribution in [0.1, 0.15) is 18.7 Å². The van der Waals surface area contributed by atoms with Crippen LogP contribution in [-0.4, -0.2) is 44.0 Å². The zero-order valence-electron chi connectivity index (χ0n) is 15.3. The lowest BCUT2D eigenvalue weighted by atomic mass is 10.2. The van der Waals surface area contributed by atoms with Crippen molar-refractivity contribution in [2.75, 3.05) is 31.6 Å². The average molecular weight is 422 g/mol. The van der Waals surface area contributed by atoms with Crippen LogP contribution in [0.3, 0.4) is 0 Å². The Hall–Kier alpha value is -2.13. The second kappa shape index (κ2) is 7.71. The molecule has 1 aromatic carbocycles. The largest absolute Gasteiger partial charge is 0.459 e. The fraction of sp³-hybridized carbons (Fsp3) is 0.316. The molecule has 3 heterocycles. The molecule has 1 N–H and O–H groups in total. The summed E-state index contributed by atoms with van der Waals surface area (Å²) in [6.45, 7) is 3.48. The molecule has 1 unspecified atom stereocenters. The quantitative estimate of drug-likeness (QED) is 0.676. The van der Waals surface area contributed by atoms with Gasteiger partial charge in [-0.1, -0.05) is 11.6 Å². The third kappa shape index (κ3) is 3.86. The minimum absolute atomic E-state index is 0.152. The first-order valence-electron chi connectivity index (χ1n) is 8.93. The topological polar surface area (TPSA) is 84.7 Å². The van der Waals surface area contributed by atoms with Gasteiger partial charge < -0.3 is 14.5 Å². The van der Waals surface area contributed by atoms with Crippen molar-refractivity contribution in [3.8, 4) is 0 Å². The third-order valence-corrected chi connectivity index (χ3v) is 6.75. The van der Waals surface area contributed by atoms with Gasteiger partial charge in [0.15, 0.2) is 0 Å². The number of benzene rings is 1. The van der Waals surface area contributed by atoms with Crippen LogP contribution in [0, 0.1) is 0 Å². The first-order valence-corrected chi connectivity index (χ1v) is 10.7. The van der Waals surface area contributed by atoms with E-state index >= 15 is 0 Å². The maximum atomic E-state index is 12.7. The van der Waals surface area contributed by atoms with Crippen LogP contribution in [0.2, 0.25) is 5.02 Å². The molecule has 1 aliphatic rings. The monoisotopic (exact) mass is 421 g/mol. The van der Waals surface area contributed by atoms with Crippen molar-refractivity contribution in [1.82, 2.24) is 9.29 Å². The number of anilines is 1. The van der Waals surface area contributed by atoms with Gasteiger partial charge in [0.05, 0.1) is 19.3 Å². The van der Waals surface area contributed by atoms with Crippen molar-refractivity contribution in [3.63, 3.8) is 0 Å². The van der Waals surface area contributed by atoms with Crippen LogP contribution in [0.5, 0.6) is 0 Å². The van der Waals surface area contributed by atoms with Gasteiger partial charge in [0, 0.05) is 29.7 Å². The molecular weight excluding hydrogens is 402 g/mol. The molecule has 4 rings (SSSR count). The molecule has 0 spiro atoms. The van der Waals surface area contributed by atoms with E-state index < -0.39 is 10.0 Å². The van der Waals surface area contributed by atoms with Gasteiger partial charge in [-0.05, 0) is 43.3 Å². The molecule has 0 bridgehead atoms. The van der Waals surface area contributed by atoms with Gasteiger partial charge in [0.25, 0.3) is 0 Å². The maximum Gasteiger partial charge on any atom is 0.244 e. The van der Waals surface area contributed by atoms with E-state index in [2.05, 4.69) is 10.3 Å². The fourth-order valence-electron chi connectivity index (χ4n) is 3.10. The van der Waals surface area contributed by atoms with Crippen molar-refractivity contribution in [3.05, 3.63) is 53.4 Å². The Labute approximate surface area is 168 Å². The normalized spacial score (nSPS) is 16.9. The van der Waals surface area contributed by atoms with E-state index in [1.165, 1.54) is 10.5 Å². The molecule has 7 nitrogen and oxygen atoms in total. The summed E-state index contributed by atoms with van der Waals surface area (Å²) in [5.74, 6) is 1.30. The first kappa shape index (κ1) is 19.2. The lowest BCUT2D eigenvalue weighted by Crippen LogP contribution is -2.40. The van der Waals surface area contributed by atoms with Crippen molar-refractivity contribution >= 4 is 38.4 Å². The summed E-state index contributed by atoms with van der Waals surface area (Å²) in [4.78, 5) is 4.43. The highest BCUT2D eigenvalue weighted by atomic mass is 35.5. The minimum atomic E-state index is -3.55. The lowest BCUT2D eigenvalue weighted by Gasteiger charge is -2.25. The summed E-state index contributed by atoms with van der Waals surface area (Å²) < 4.78 is 37.8. The molecule has 1 fully saturated rings. The highest BCUT2D eigenvalue weighted by Gasteiger charge is 2.26. The van der Waals surface area contributed by atoms with Gasteiger partial charge in [-0.2, -0.15) is 4.31 Å². The maximum absolute atomic E-state index is 12.7. The number of morpholine rings is 1. The number of furan rings is 1. The van der Waals surface area contributed by atoms with Crippen molar-refractivity contribution in [2.24, 2.45) is 0 Å². The van der Waals surface area contributed by atoms with Crippen LogP contribution < -0.4 is 5.32 Å². The number of rotatable bonds is 5. The number of pyridine rings is 1. The predicted octanol–water partition coefficient (Wildman–Crippen LogP) is 3.68. The Bertz CT molecular complexity index is 1080. The highest BCUT2D eigenvalue weighted by Crippen LogP contribution is 2.28. The minimum Gasteiger partial charge on any atom is -0.459 e. The fourth-order valence-corrected chi connectivity index (χ4v) is 4.63. The summed E-state index contributed by atoms with van der Waals surface area (Å²) in [5.41, 5.74) is 0.757. The van der Waals surface area contributed by atoms with E-state index in [0.29, 0.717) is 37.1 Å². The second-order valence-corrected chi connectivity index (χ2v) is 8.97. The van der Waals surface area contributed by atoms with Crippen molar-refractivity contribution in [1.29, 1.82) is 0 Å². The number of nitrogens with zero attached hydrogens (tertiary/aromatic N) is 2. The molecule has 2 aromatic heterocycles. The Morgan fingerprint density at radius 3 is 2.68 bits per heavy atom. The number of aromatic nitrogens is 1. The van der Waals surface area contributed by atoms with Crippen LogP contribution in [0.15, 0.2) is 51.9 Å². The van der Waals surface area contributed by atoms with E-state index in [0.717, 1.165) is 16.7 Å². The van der Waals surface area contributed by atoms with Gasteiger partial charge in [0.2, 0.25) is 10.0 Å². The van der Waals surface area contributed by atoms with E-state index in [4.69, 9.17) is 20.8 Å². The number of sulfonamides is 1. The van der Waals surface area contributed by atoms with Crippen molar-refractivity contribution < 1.29 is 17.6 Å². The number of hydrogen-bond donors (Lipinski definition) is 1. The Kier molecular flexibility index (Phi) is 5.29. The number of ether oxygens (including phenoxy) is 1. The van der Waals surface area contributed by atoms with Gasteiger partial charge in [-0.25, -0.2) is 13.4 Å². The Morgan fingerprint density at radius 2 is 1.96 bits per heavy atom. The Balaban J connectivity index is 1.49. The summed E-state index contributed by atoms with van der Waals surface area (Å²) in [7, 11) is -3.55. The van der Waals surface area contributed by atoms with Crippen molar-refractivity contribution in [2.45, 2.75) is 17.9 Å². The van der Waals surface area contributed by atoms with Gasteiger partial charge in [-0.15, -0.1) is 0 Å². The number of fused-ring (bicyclic) bond motifs is 1. The molecule has 0 radical (unpaired) electrons. The summed E-state index contributed by atoms with van der Waals surface area (Å²) in [6.07, 6.45) is 1.37. The zero-order valence-corrected chi connectivity index (χ0v) is 16.8. The van der Waals surface area contributed by atoms with Gasteiger partial charge in [0.1, 0.15) is 22.1 Å². The molecular formula is C19H20ClN3O4S. The molecule has 0 amide bonds. The van der Waals surface area contributed by atoms with Gasteiger partial charge >= 0.3 is 0 Å². The highest BCUT2D eigenvalue weighted by molar-refractivity contribution is 7.89. The first-order chi connectivity index (χ1) is 13.4. The summed E-state index contributed by atoms with van der Waals surface area (Å²) in [5, 5.41) is 4.80. The molecule has 28 heavy (non-hydrogen) atoms. The number of halogens is 1. The SMILES string of the molecule is CC(Nc1ccc(S(=O)(=O)N2CCOCC2)cn1)c1cc2cc(Cl)ccc2o1.